The molecule has 0 fully saturated rings. The van der Waals surface area contributed by atoms with Crippen molar-refractivity contribution in [3.8, 4) is 11.5 Å². The van der Waals surface area contributed by atoms with Gasteiger partial charge in [-0.25, -0.2) is 0 Å². The Bertz CT molecular complexity index is 1120. The van der Waals surface area contributed by atoms with Crippen molar-refractivity contribution in [2.24, 2.45) is 11.8 Å². The van der Waals surface area contributed by atoms with Gasteiger partial charge in [0.25, 0.3) is 0 Å². The van der Waals surface area contributed by atoms with Gasteiger partial charge in [-0.1, -0.05) is 39.0 Å². The van der Waals surface area contributed by atoms with Crippen molar-refractivity contribution in [2.75, 3.05) is 47.0 Å². The fourth-order valence-electron chi connectivity index (χ4n) is 6.09. The number of hydrogen-bond donors (Lipinski definition) is 1. The minimum absolute atomic E-state index is 0.192. The number of rotatable bonds is 13. The molecule has 3 atom stereocenters. The van der Waals surface area contributed by atoms with E-state index in [4.69, 9.17) is 14.2 Å². The Labute approximate surface area is 234 Å². The monoisotopic (exact) mass is 534 g/mol. The first-order valence-electron chi connectivity index (χ1n) is 14.5. The van der Waals surface area contributed by atoms with Gasteiger partial charge in [-0.15, -0.1) is 0 Å². The lowest BCUT2D eigenvalue weighted by molar-refractivity contribution is 0.132. The Morgan fingerprint density at radius 3 is 2.26 bits per heavy atom. The van der Waals surface area contributed by atoms with Gasteiger partial charge in [0.05, 0.1) is 14.2 Å². The molecular formula is C33H46N2O4. The second-order valence-corrected chi connectivity index (χ2v) is 10.6. The summed E-state index contributed by atoms with van der Waals surface area (Å²) in [6, 6.07) is 14.6. The summed E-state index contributed by atoms with van der Waals surface area (Å²) in [4.78, 5) is 4.91. The van der Waals surface area contributed by atoms with Crippen LogP contribution in [0.25, 0.3) is 0 Å². The number of ether oxygens (including phenoxy) is 3. The first-order chi connectivity index (χ1) is 19.0. The maximum absolute atomic E-state index is 9.95. The zero-order valence-corrected chi connectivity index (χ0v) is 24.4. The molecule has 0 heterocycles. The molecule has 0 aliphatic heterocycles. The second-order valence-electron chi connectivity index (χ2n) is 10.6. The van der Waals surface area contributed by atoms with E-state index in [0.29, 0.717) is 24.2 Å². The first kappa shape index (κ1) is 29.0. The predicted molar refractivity (Wildman–Crippen MR) is 157 cm³/mol. The molecule has 6 nitrogen and oxygen atoms in total. The molecule has 2 aromatic rings. The molecule has 0 spiro atoms. The number of methoxy groups -OCH3 is 2. The number of likely N-dealkylation sites (N-methyl/N-ethyl adjacent to an activating group) is 2. The molecule has 2 aromatic carbocycles. The molecular weight excluding hydrogens is 488 g/mol. The van der Waals surface area contributed by atoms with Crippen LogP contribution < -0.4 is 4.74 Å². The molecule has 2 aliphatic rings. The van der Waals surface area contributed by atoms with Crippen LogP contribution >= 0.6 is 0 Å². The quantitative estimate of drug-likeness (QED) is 0.351. The standard InChI is InChI=1S/C33H46N2O4/c1-6-34(7-2)17-18-39-29-15-9-24(10-16-29)23-35(8-3)31-22-33(38-5)32(37-4)21-30(31)27-12-11-26-20-28(36)14-13-25(26)19-27/h9-10,13-16,20-22,27,30-31,36H,6-8,11-12,17-19,23H2,1-5H3/t27-,30?,31?/m1/s1. The van der Waals surface area contributed by atoms with Crippen molar-refractivity contribution in [2.45, 2.75) is 52.6 Å². The van der Waals surface area contributed by atoms with Gasteiger partial charge in [-0.3, -0.25) is 4.90 Å². The number of aryl methyl sites for hydroxylation is 1. The molecule has 0 aromatic heterocycles. The molecule has 39 heavy (non-hydrogen) atoms. The third-order valence-corrected chi connectivity index (χ3v) is 8.45. The van der Waals surface area contributed by atoms with Crippen molar-refractivity contribution in [3.05, 3.63) is 82.8 Å². The highest BCUT2D eigenvalue weighted by Gasteiger charge is 2.36. The van der Waals surface area contributed by atoms with E-state index in [1.807, 2.05) is 12.1 Å². The smallest absolute Gasteiger partial charge is 0.158 e. The van der Waals surface area contributed by atoms with Crippen LogP contribution in [0.4, 0.5) is 0 Å². The Balaban J connectivity index is 1.49. The number of hydrogen-bond acceptors (Lipinski definition) is 6. The molecule has 1 N–H and O–H groups in total. The topological polar surface area (TPSA) is 54.4 Å². The largest absolute Gasteiger partial charge is 0.508 e. The van der Waals surface area contributed by atoms with Crippen LogP contribution in [0.3, 0.4) is 0 Å². The van der Waals surface area contributed by atoms with Crippen molar-refractivity contribution in [3.63, 3.8) is 0 Å². The zero-order chi connectivity index (χ0) is 27.8. The highest BCUT2D eigenvalue weighted by atomic mass is 16.5. The fourth-order valence-corrected chi connectivity index (χ4v) is 6.09. The van der Waals surface area contributed by atoms with Gasteiger partial charge in [0.2, 0.25) is 0 Å². The lowest BCUT2D eigenvalue weighted by Gasteiger charge is -2.41. The molecule has 4 rings (SSSR count). The highest BCUT2D eigenvalue weighted by Crippen LogP contribution is 2.39. The van der Waals surface area contributed by atoms with Crippen LogP contribution in [0, 0.1) is 11.8 Å². The van der Waals surface area contributed by atoms with E-state index in [0.717, 1.165) is 69.3 Å². The molecule has 6 heteroatoms. The van der Waals surface area contributed by atoms with E-state index in [1.165, 1.54) is 16.7 Å². The SMILES string of the molecule is CCN(CC)CCOc1ccc(CN(CC)C2C=C(OC)C(OC)=CC2[C@@H]2CCc3cc(O)ccc3C2)cc1. The Hall–Kier alpha value is -2.96. The number of phenols is 1. The summed E-state index contributed by atoms with van der Waals surface area (Å²) in [5.74, 6) is 3.67. The molecule has 0 saturated heterocycles. The summed E-state index contributed by atoms with van der Waals surface area (Å²) in [7, 11) is 3.44. The van der Waals surface area contributed by atoms with Gasteiger partial charge in [0.15, 0.2) is 11.5 Å². The van der Waals surface area contributed by atoms with E-state index in [-0.39, 0.29) is 6.04 Å². The van der Waals surface area contributed by atoms with Crippen molar-refractivity contribution in [1.29, 1.82) is 0 Å². The molecule has 2 aliphatic carbocycles. The normalized spacial score (nSPS) is 20.8. The summed E-state index contributed by atoms with van der Waals surface area (Å²) in [5.41, 5.74) is 3.88. The van der Waals surface area contributed by atoms with Crippen LogP contribution in [0.5, 0.6) is 11.5 Å². The molecule has 0 saturated carbocycles. The number of nitrogens with zero attached hydrogens (tertiary/aromatic N) is 2. The molecule has 212 valence electrons. The Morgan fingerprint density at radius 2 is 1.59 bits per heavy atom. The lowest BCUT2D eigenvalue weighted by Crippen LogP contribution is -2.44. The summed E-state index contributed by atoms with van der Waals surface area (Å²) in [5, 5.41) is 9.95. The van der Waals surface area contributed by atoms with E-state index < -0.39 is 0 Å². The van der Waals surface area contributed by atoms with Crippen molar-refractivity contribution < 1.29 is 19.3 Å². The van der Waals surface area contributed by atoms with Crippen LogP contribution in [0.15, 0.2) is 66.1 Å². The van der Waals surface area contributed by atoms with Gasteiger partial charge in [-0.2, -0.15) is 0 Å². The second kappa shape index (κ2) is 13.9. The van der Waals surface area contributed by atoms with Crippen molar-refractivity contribution in [1.82, 2.24) is 9.80 Å². The average Bonchev–Trinajstić information content (AvgIpc) is 2.98. The van der Waals surface area contributed by atoms with Gasteiger partial charge in [0.1, 0.15) is 18.1 Å². The van der Waals surface area contributed by atoms with Crippen LogP contribution in [0.2, 0.25) is 0 Å². The minimum Gasteiger partial charge on any atom is -0.508 e. The van der Waals surface area contributed by atoms with Gasteiger partial charge in [0, 0.05) is 25.0 Å². The summed E-state index contributed by atoms with van der Waals surface area (Å²) in [6.45, 7) is 12.1. The van der Waals surface area contributed by atoms with Crippen LogP contribution in [-0.4, -0.2) is 68.0 Å². The zero-order valence-electron chi connectivity index (χ0n) is 24.4. The summed E-state index contributed by atoms with van der Waals surface area (Å²) < 4.78 is 17.5. The Morgan fingerprint density at radius 1 is 0.872 bits per heavy atom. The van der Waals surface area contributed by atoms with Gasteiger partial charge < -0.3 is 24.2 Å². The first-order valence-corrected chi connectivity index (χ1v) is 14.5. The summed E-state index contributed by atoms with van der Waals surface area (Å²) >= 11 is 0. The van der Waals surface area contributed by atoms with Crippen molar-refractivity contribution >= 4 is 0 Å². The van der Waals surface area contributed by atoms with E-state index in [2.05, 4.69) is 73.1 Å². The van der Waals surface area contributed by atoms with E-state index >= 15 is 0 Å². The number of fused-ring (bicyclic) bond motifs is 1. The third-order valence-electron chi connectivity index (χ3n) is 8.45. The maximum Gasteiger partial charge on any atom is 0.158 e. The number of aromatic hydroxyl groups is 1. The van der Waals surface area contributed by atoms with Gasteiger partial charge >= 0.3 is 0 Å². The van der Waals surface area contributed by atoms with Crippen LogP contribution in [0.1, 0.15) is 43.9 Å². The third kappa shape index (κ3) is 7.17. The van der Waals surface area contributed by atoms with Crippen LogP contribution in [-0.2, 0) is 28.9 Å². The molecule has 0 radical (unpaired) electrons. The summed E-state index contributed by atoms with van der Waals surface area (Å²) in [6.07, 6.45) is 7.60. The average molecular weight is 535 g/mol. The highest BCUT2D eigenvalue weighted by molar-refractivity contribution is 5.38. The van der Waals surface area contributed by atoms with E-state index in [9.17, 15) is 5.11 Å². The minimum atomic E-state index is 0.192. The molecule has 0 amide bonds. The Kier molecular flexibility index (Phi) is 10.4. The molecule has 0 bridgehead atoms. The lowest BCUT2D eigenvalue weighted by atomic mass is 9.72. The number of benzene rings is 2. The number of phenolic OH excluding ortho intramolecular Hbond substituents is 1. The predicted octanol–water partition coefficient (Wildman–Crippen LogP) is 5.80. The maximum atomic E-state index is 9.95. The fraction of sp³-hybridized carbons (Fsp3) is 0.515. The molecule has 2 unspecified atom stereocenters. The van der Waals surface area contributed by atoms with E-state index in [1.54, 1.807) is 14.2 Å². The van der Waals surface area contributed by atoms with Gasteiger partial charge in [-0.05, 0) is 97.9 Å².